The molecule has 0 aromatic rings. The van der Waals surface area contributed by atoms with Gasteiger partial charge in [0.15, 0.2) is 0 Å². The maximum Gasteiger partial charge on any atom is 0.0177 e. The summed E-state index contributed by atoms with van der Waals surface area (Å²) in [6.45, 7) is 13.9. The molecule has 1 heterocycles. The molecule has 1 nitrogen and oxygen atoms in total. The Balaban J connectivity index is 2.54. The van der Waals surface area contributed by atoms with Crippen molar-refractivity contribution in [1.29, 1.82) is 0 Å². The largest absolute Gasteiger partial charge is 0.298 e. The predicted molar refractivity (Wildman–Crippen MR) is 67.1 cm³/mol. The van der Waals surface area contributed by atoms with Crippen LogP contribution in [0, 0.1) is 5.92 Å². The summed E-state index contributed by atoms with van der Waals surface area (Å²) in [6, 6.07) is 0. The molecule has 1 fully saturated rings. The first-order chi connectivity index (χ1) is 6.26. The van der Waals surface area contributed by atoms with Crippen LogP contribution < -0.4 is 0 Å². The van der Waals surface area contributed by atoms with Crippen molar-refractivity contribution in [2.75, 3.05) is 13.1 Å². The first-order valence-electron chi connectivity index (χ1n) is 5.73. The summed E-state index contributed by atoms with van der Waals surface area (Å²) in [5.41, 5.74) is 0.325. The number of rotatable bonds is 1. The summed E-state index contributed by atoms with van der Waals surface area (Å²) in [5, 5.41) is 0. The molecule has 14 heavy (non-hydrogen) atoms. The van der Waals surface area contributed by atoms with Gasteiger partial charge in [-0.3, -0.25) is 4.90 Å². The minimum Gasteiger partial charge on any atom is -0.298 e. The smallest absolute Gasteiger partial charge is 0.0177 e. The van der Waals surface area contributed by atoms with Crippen molar-refractivity contribution in [1.82, 2.24) is 4.90 Å². The Labute approximate surface area is 94.7 Å². The van der Waals surface area contributed by atoms with Gasteiger partial charge in [0.05, 0.1) is 0 Å². The minimum absolute atomic E-state index is 0.280. The second-order valence-corrected chi connectivity index (χ2v) is 6.81. The molecule has 0 N–H and O–H groups in total. The van der Waals surface area contributed by atoms with E-state index in [1.807, 2.05) is 0 Å². The molecule has 1 saturated heterocycles. The number of piperidine rings is 1. The van der Waals surface area contributed by atoms with Gasteiger partial charge in [-0.15, -0.1) is 0 Å². The van der Waals surface area contributed by atoms with E-state index in [0.29, 0.717) is 11.5 Å². The summed E-state index contributed by atoms with van der Waals surface area (Å²) in [5.74, 6) is 0.688. The fourth-order valence-corrected chi connectivity index (χ4v) is 2.34. The van der Waals surface area contributed by atoms with E-state index in [0.717, 1.165) is 0 Å². The van der Waals surface area contributed by atoms with Crippen molar-refractivity contribution in [3.8, 4) is 0 Å². The third-order valence-corrected chi connectivity index (χ3v) is 4.62. The van der Waals surface area contributed by atoms with Gasteiger partial charge in [-0.2, -0.15) is 12.6 Å². The van der Waals surface area contributed by atoms with Gasteiger partial charge in [-0.05, 0) is 52.6 Å². The van der Waals surface area contributed by atoms with Crippen molar-refractivity contribution < 1.29 is 0 Å². The molecule has 0 spiro atoms. The Kier molecular flexibility index (Phi) is 3.58. The Bertz CT molecular complexity index is 185. The van der Waals surface area contributed by atoms with Gasteiger partial charge >= 0.3 is 0 Å². The zero-order valence-corrected chi connectivity index (χ0v) is 11.2. The lowest BCUT2D eigenvalue weighted by molar-refractivity contribution is 0.0870. The molecular formula is C12H25NS. The molecule has 0 saturated carbocycles. The minimum atomic E-state index is 0.280. The van der Waals surface area contributed by atoms with Crippen LogP contribution >= 0.6 is 12.6 Å². The lowest BCUT2D eigenvalue weighted by Gasteiger charge is -2.46. The van der Waals surface area contributed by atoms with Gasteiger partial charge in [-0.25, -0.2) is 0 Å². The highest BCUT2D eigenvalue weighted by atomic mass is 32.1. The third-order valence-electron chi connectivity index (χ3n) is 3.65. The topological polar surface area (TPSA) is 3.24 Å². The molecular weight excluding hydrogens is 190 g/mol. The van der Waals surface area contributed by atoms with Crippen LogP contribution in [0.2, 0.25) is 0 Å². The molecule has 84 valence electrons. The van der Waals surface area contributed by atoms with E-state index in [9.17, 15) is 0 Å². The van der Waals surface area contributed by atoms with E-state index in [2.05, 4.69) is 39.5 Å². The zero-order chi connectivity index (χ0) is 11.0. The fourth-order valence-electron chi connectivity index (χ4n) is 2.14. The molecule has 1 rings (SSSR count). The monoisotopic (exact) mass is 215 g/mol. The second kappa shape index (κ2) is 4.05. The van der Waals surface area contributed by atoms with Crippen LogP contribution in [0.4, 0.5) is 0 Å². The highest BCUT2D eigenvalue weighted by Gasteiger charge is 2.36. The molecule has 0 aliphatic carbocycles. The Hall–Kier alpha value is 0.310. The van der Waals surface area contributed by atoms with Gasteiger partial charge < -0.3 is 0 Å². The van der Waals surface area contributed by atoms with Crippen molar-refractivity contribution in [2.24, 2.45) is 5.92 Å². The van der Waals surface area contributed by atoms with Gasteiger partial charge in [0, 0.05) is 10.3 Å². The zero-order valence-electron chi connectivity index (χ0n) is 10.3. The molecule has 1 aliphatic heterocycles. The summed E-state index contributed by atoms with van der Waals surface area (Å²) in [7, 11) is 0. The number of nitrogens with zero attached hydrogens (tertiary/aromatic N) is 1. The Morgan fingerprint density at radius 2 is 1.57 bits per heavy atom. The van der Waals surface area contributed by atoms with E-state index in [1.165, 1.54) is 25.9 Å². The van der Waals surface area contributed by atoms with Gasteiger partial charge in [0.2, 0.25) is 0 Å². The first-order valence-corrected chi connectivity index (χ1v) is 6.18. The number of likely N-dealkylation sites (tertiary alicyclic amines) is 1. The predicted octanol–water partition coefficient (Wildman–Crippen LogP) is 3.21. The normalized spacial score (nSPS) is 24.2. The molecule has 0 atom stereocenters. The highest BCUT2D eigenvalue weighted by Crippen LogP contribution is 2.37. The van der Waals surface area contributed by atoms with Crippen molar-refractivity contribution in [3.05, 3.63) is 0 Å². The Morgan fingerprint density at radius 3 is 1.86 bits per heavy atom. The number of hydrogen-bond donors (Lipinski definition) is 1. The number of hydrogen-bond acceptors (Lipinski definition) is 2. The molecule has 0 aromatic carbocycles. The summed E-state index contributed by atoms with van der Waals surface area (Å²) in [6.07, 6.45) is 2.45. The molecule has 0 amide bonds. The van der Waals surface area contributed by atoms with Crippen LogP contribution in [0.25, 0.3) is 0 Å². The first kappa shape index (κ1) is 12.4. The lowest BCUT2D eigenvalue weighted by atomic mass is 9.84. The molecule has 0 aromatic heterocycles. The maximum absolute atomic E-state index is 4.85. The Morgan fingerprint density at radius 1 is 1.14 bits per heavy atom. The molecule has 0 bridgehead atoms. The molecule has 0 unspecified atom stereocenters. The fraction of sp³-hybridized carbons (Fsp3) is 1.00. The average molecular weight is 215 g/mol. The van der Waals surface area contributed by atoms with E-state index in [4.69, 9.17) is 12.6 Å². The van der Waals surface area contributed by atoms with Crippen LogP contribution in [0.3, 0.4) is 0 Å². The van der Waals surface area contributed by atoms with Gasteiger partial charge in [0.25, 0.3) is 0 Å². The highest BCUT2D eigenvalue weighted by molar-refractivity contribution is 7.81. The van der Waals surface area contributed by atoms with Crippen LogP contribution in [0.1, 0.15) is 47.5 Å². The molecule has 2 heteroatoms. The quantitative estimate of drug-likeness (QED) is 0.657. The molecule has 0 radical (unpaired) electrons. The van der Waals surface area contributed by atoms with E-state index >= 15 is 0 Å². The van der Waals surface area contributed by atoms with E-state index in [-0.39, 0.29) is 4.75 Å². The average Bonchev–Trinajstić information content (AvgIpc) is 2.03. The van der Waals surface area contributed by atoms with E-state index < -0.39 is 0 Å². The van der Waals surface area contributed by atoms with Crippen LogP contribution in [-0.2, 0) is 0 Å². The van der Waals surface area contributed by atoms with Crippen LogP contribution in [0.5, 0.6) is 0 Å². The van der Waals surface area contributed by atoms with Crippen molar-refractivity contribution >= 4 is 12.6 Å². The van der Waals surface area contributed by atoms with Crippen molar-refractivity contribution in [3.63, 3.8) is 0 Å². The van der Waals surface area contributed by atoms with Gasteiger partial charge in [-0.1, -0.05) is 13.8 Å². The maximum atomic E-state index is 4.85. The molecule has 1 aliphatic rings. The van der Waals surface area contributed by atoms with Crippen LogP contribution in [-0.4, -0.2) is 28.3 Å². The summed E-state index contributed by atoms with van der Waals surface area (Å²) in [4.78, 5) is 2.57. The SMILES string of the molecule is CC(C)C1(S)CCN(C(C)(C)C)CC1. The van der Waals surface area contributed by atoms with Gasteiger partial charge in [0.1, 0.15) is 0 Å². The van der Waals surface area contributed by atoms with E-state index in [1.54, 1.807) is 0 Å². The summed E-state index contributed by atoms with van der Waals surface area (Å²) < 4.78 is 0.280. The van der Waals surface area contributed by atoms with Crippen LogP contribution in [0.15, 0.2) is 0 Å². The lowest BCUT2D eigenvalue weighted by Crippen LogP contribution is -2.51. The number of thiol groups is 1. The standard InChI is InChI=1S/C12H25NS/c1-10(2)12(14)6-8-13(9-7-12)11(3,4)5/h10,14H,6-9H2,1-5H3. The second-order valence-electron chi connectivity index (χ2n) is 5.92. The third kappa shape index (κ3) is 2.66. The summed E-state index contributed by atoms with van der Waals surface area (Å²) >= 11 is 4.85. The van der Waals surface area contributed by atoms with Crippen molar-refractivity contribution in [2.45, 2.75) is 57.7 Å².